The number of carbonyl (C=O) groups excluding carboxylic acids is 1. The highest BCUT2D eigenvalue weighted by atomic mass is 35.5. The van der Waals surface area contributed by atoms with E-state index >= 15 is 0 Å². The lowest BCUT2D eigenvalue weighted by Gasteiger charge is -2.24. The van der Waals surface area contributed by atoms with Gasteiger partial charge in [0.2, 0.25) is 0 Å². The maximum absolute atomic E-state index is 12.9. The fraction of sp³-hybridized carbons (Fsp3) is 0.450. The smallest absolute Gasteiger partial charge is 0.253 e. The van der Waals surface area contributed by atoms with Gasteiger partial charge in [-0.1, -0.05) is 11.6 Å². The van der Waals surface area contributed by atoms with Crippen LogP contribution < -0.4 is 4.90 Å². The second kappa shape index (κ2) is 8.67. The Morgan fingerprint density at radius 1 is 1.19 bits per heavy atom. The lowest BCUT2D eigenvalue weighted by molar-refractivity contribution is 0.0746. The number of rotatable bonds is 4. The number of likely N-dealkylation sites (N-methyl/N-ethyl adjacent to an activating group) is 1. The van der Waals surface area contributed by atoms with Crippen molar-refractivity contribution in [3.05, 3.63) is 52.9 Å². The summed E-state index contributed by atoms with van der Waals surface area (Å²) in [7, 11) is 6.05. The Hall–Kier alpha value is -2.18. The molecule has 0 aliphatic carbocycles. The van der Waals surface area contributed by atoms with Crippen LogP contribution in [0.4, 0.5) is 5.82 Å². The molecule has 1 aromatic carbocycles. The molecule has 2 heterocycles. The SMILES string of the molecule is CN1CCN(C(=O)c2ccc(Cl)cc2)CC(Cc2cc(N(C)C)ncn2)C1. The molecule has 1 atom stereocenters. The van der Waals surface area contributed by atoms with Gasteiger partial charge in [0, 0.05) is 62.6 Å². The van der Waals surface area contributed by atoms with E-state index in [2.05, 4.69) is 21.9 Å². The van der Waals surface area contributed by atoms with Crippen LogP contribution in [-0.2, 0) is 6.42 Å². The average Bonchev–Trinajstić information content (AvgIpc) is 2.83. The third-order valence-electron chi connectivity index (χ3n) is 4.84. The van der Waals surface area contributed by atoms with Gasteiger partial charge in [-0.05, 0) is 43.7 Å². The molecule has 7 heteroatoms. The van der Waals surface area contributed by atoms with Gasteiger partial charge in [-0.15, -0.1) is 0 Å². The third-order valence-corrected chi connectivity index (χ3v) is 5.10. The van der Waals surface area contributed by atoms with Crippen molar-refractivity contribution in [2.45, 2.75) is 6.42 Å². The molecular formula is C20H26ClN5O. The van der Waals surface area contributed by atoms with Gasteiger partial charge in [-0.2, -0.15) is 0 Å². The van der Waals surface area contributed by atoms with Crippen LogP contribution in [0.25, 0.3) is 0 Å². The lowest BCUT2D eigenvalue weighted by Crippen LogP contribution is -2.36. The quantitative estimate of drug-likeness (QED) is 0.806. The summed E-state index contributed by atoms with van der Waals surface area (Å²) in [5.74, 6) is 1.28. The molecule has 1 saturated heterocycles. The van der Waals surface area contributed by atoms with Crippen LogP contribution in [0.2, 0.25) is 5.02 Å². The van der Waals surface area contributed by atoms with Crippen molar-refractivity contribution in [3.63, 3.8) is 0 Å². The Balaban J connectivity index is 1.74. The Morgan fingerprint density at radius 3 is 2.63 bits per heavy atom. The zero-order valence-electron chi connectivity index (χ0n) is 16.1. The van der Waals surface area contributed by atoms with Gasteiger partial charge in [0.05, 0.1) is 0 Å². The molecule has 3 rings (SSSR count). The van der Waals surface area contributed by atoms with E-state index in [1.165, 1.54) is 0 Å². The van der Waals surface area contributed by atoms with Crippen LogP contribution in [-0.4, -0.2) is 73.0 Å². The van der Waals surface area contributed by atoms with Crippen LogP contribution in [0, 0.1) is 5.92 Å². The summed E-state index contributed by atoms with van der Waals surface area (Å²) in [5, 5.41) is 0.639. The van der Waals surface area contributed by atoms with Gasteiger partial charge in [0.25, 0.3) is 5.91 Å². The number of carbonyl (C=O) groups is 1. The normalized spacial score (nSPS) is 18.2. The number of benzene rings is 1. The highest BCUT2D eigenvalue weighted by Gasteiger charge is 2.25. The van der Waals surface area contributed by atoms with E-state index in [4.69, 9.17) is 11.6 Å². The Kier molecular flexibility index (Phi) is 6.29. The minimum absolute atomic E-state index is 0.0589. The van der Waals surface area contributed by atoms with E-state index in [9.17, 15) is 4.79 Å². The van der Waals surface area contributed by atoms with Gasteiger partial charge >= 0.3 is 0 Å². The first-order valence-electron chi connectivity index (χ1n) is 9.14. The molecule has 0 N–H and O–H groups in total. The maximum atomic E-state index is 12.9. The molecule has 1 aliphatic rings. The lowest BCUT2D eigenvalue weighted by atomic mass is 10.0. The minimum atomic E-state index is 0.0589. The largest absolute Gasteiger partial charge is 0.363 e. The number of amides is 1. The Labute approximate surface area is 165 Å². The van der Waals surface area contributed by atoms with Crippen molar-refractivity contribution in [2.75, 3.05) is 52.2 Å². The van der Waals surface area contributed by atoms with E-state index in [1.807, 2.05) is 30.0 Å². The van der Waals surface area contributed by atoms with Crippen LogP contribution in [0.1, 0.15) is 16.1 Å². The van der Waals surface area contributed by atoms with Crippen LogP contribution in [0.15, 0.2) is 36.7 Å². The Bertz CT molecular complexity index is 780. The number of halogens is 1. The van der Waals surface area contributed by atoms with E-state index in [0.717, 1.165) is 37.6 Å². The zero-order valence-corrected chi connectivity index (χ0v) is 16.9. The fourth-order valence-electron chi connectivity index (χ4n) is 3.41. The summed E-state index contributed by atoms with van der Waals surface area (Å²) < 4.78 is 0. The topological polar surface area (TPSA) is 52.6 Å². The molecule has 144 valence electrons. The molecule has 0 saturated carbocycles. The van der Waals surface area contributed by atoms with Crippen molar-refractivity contribution in [1.82, 2.24) is 19.8 Å². The van der Waals surface area contributed by atoms with E-state index in [-0.39, 0.29) is 5.91 Å². The molecule has 1 aromatic heterocycles. The van der Waals surface area contributed by atoms with Crippen LogP contribution >= 0.6 is 11.6 Å². The minimum Gasteiger partial charge on any atom is -0.363 e. The van der Waals surface area contributed by atoms with Crippen molar-refractivity contribution in [2.24, 2.45) is 5.92 Å². The van der Waals surface area contributed by atoms with Gasteiger partial charge in [0.1, 0.15) is 12.1 Å². The van der Waals surface area contributed by atoms with Gasteiger partial charge in [0.15, 0.2) is 0 Å². The van der Waals surface area contributed by atoms with E-state index in [0.29, 0.717) is 23.0 Å². The molecular weight excluding hydrogens is 362 g/mol. The molecule has 1 unspecified atom stereocenters. The summed E-state index contributed by atoms with van der Waals surface area (Å²) in [6.07, 6.45) is 2.43. The fourth-order valence-corrected chi connectivity index (χ4v) is 3.54. The molecule has 0 spiro atoms. The first-order valence-corrected chi connectivity index (χ1v) is 9.52. The molecule has 1 aliphatic heterocycles. The Morgan fingerprint density at radius 2 is 1.93 bits per heavy atom. The number of nitrogens with zero attached hydrogens (tertiary/aromatic N) is 5. The summed E-state index contributed by atoms with van der Waals surface area (Å²) >= 11 is 5.95. The van der Waals surface area contributed by atoms with E-state index in [1.54, 1.807) is 30.6 Å². The van der Waals surface area contributed by atoms with Crippen molar-refractivity contribution in [1.29, 1.82) is 0 Å². The molecule has 1 fully saturated rings. The van der Waals surface area contributed by atoms with Crippen LogP contribution in [0.3, 0.4) is 0 Å². The molecule has 1 amide bonds. The van der Waals surface area contributed by atoms with Gasteiger partial charge in [-0.25, -0.2) is 9.97 Å². The van der Waals surface area contributed by atoms with Crippen molar-refractivity contribution >= 4 is 23.3 Å². The number of aromatic nitrogens is 2. The standard InChI is InChI=1S/C20H26ClN5O/c1-24(2)19-11-18(22-14-23-19)10-15-12-25(3)8-9-26(13-15)20(27)16-4-6-17(21)7-5-16/h4-7,11,14-15H,8-10,12-13H2,1-3H3. The highest BCUT2D eigenvalue weighted by Crippen LogP contribution is 2.18. The van der Waals surface area contributed by atoms with Crippen molar-refractivity contribution in [3.8, 4) is 0 Å². The highest BCUT2D eigenvalue weighted by molar-refractivity contribution is 6.30. The molecule has 27 heavy (non-hydrogen) atoms. The number of anilines is 1. The molecule has 0 radical (unpaired) electrons. The third kappa shape index (κ3) is 5.17. The monoisotopic (exact) mass is 387 g/mol. The van der Waals surface area contributed by atoms with Crippen LogP contribution in [0.5, 0.6) is 0 Å². The maximum Gasteiger partial charge on any atom is 0.253 e. The molecule has 6 nitrogen and oxygen atoms in total. The second-order valence-corrected chi connectivity index (χ2v) is 7.79. The average molecular weight is 388 g/mol. The first kappa shape index (κ1) is 19.6. The zero-order chi connectivity index (χ0) is 19.4. The number of hydrogen-bond acceptors (Lipinski definition) is 5. The second-order valence-electron chi connectivity index (χ2n) is 7.35. The summed E-state index contributed by atoms with van der Waals surface area (Å²) in [5.41, 5.74) is 1.69. The number of hydrogen-bond donors (Lipinski definition) is 0. The van der Waals surface area contributed by atoms with Gasteiger partial charge < -0.3 is 14.7 Å². The molecule has 0 bridgehead atoms. The van der Waals surface area contributed by atoms with E-state index < -0.39 is 0 Å². The predicted molar refractivity (Wildman–Crippen MR) is 108 cm³/mol. The molecule has 2 aromatic rings. The first-order chi connectivity index (χ1) is 12.9. The summed E-state index contributed by atoms with van der Waals surface area (Å²) in [4.78, 5) is 27.9. The summed E-state index contributed by atoms with van der Waals surface area (Å²) in [6.45, 7) is 3.24. The van der Waals surface area contributed by atoms with Gasteiger partial charge in [-0.3, -0.25) is 4.79 Å². The predicted octanol–water partition coefficient (Wildman–Crippen LogP) is 2.44. The van der Waals surface area contributed by atoms with Crippen molar-refractivity contribution < 1.29 is 4.79 Å². The summed E-state index contributed by atoms with van der Waals surface area (Å²) in [6, 6.07) is 9.14.